The largest absolute Gasteiger partial charge is 0.465 e. The van der Waals surface area contributed by atoms with E-state index in [0.717, 1.165) is 31.2 Å². The van der Waals surface area contributed by atoms with Crippen LogP contribution in [0, 0.1) is 0 Å². The molecule has 2 nitrogen and oxygen atoms in total. The summed E-state index contributed by atoms with van der Waals surface area (Å²) in [6.07, 6.45) is 3.68. The lowest BCUT2D eigenvalue weighted by Gasteiger charge is -2.39. The number of ether oxygens (including phenoxy) is 1. The van der Waals surface area contributed by atoms with Gasteiger partial charge in [-0.1, -0.05) is 37.1 Å². The first-order valence-corrected chi connectivity index (χ1v) is 6.50. The van der Waals surface area contributed by atoms with E-state index in [0.29, 0.717) is 11.6 Å². The van der Waals surface area contributed by atoms with Gasteiger partial charge in [0.15, 0.2) is 0 Å². The monoisotopic (exact) mass is 252 g/mol. The lowest BCUT2D eigenvalue weighted by Crippen LogP contribution is -2.43. The number of rotatable bonds is 4. The maximum Gasteiger partial charge on any atom is 0.316 e. The second-order valence-electron chi connectivity index (χ2n) is 4.58. The van der Waals surface area contributed by atoms with Gasteiger partial charge in [0, 0.05) is 5.02 Å². The van der Waals surface area contributed by atoms with E-state index >= 15 is 0 Å². The first-order valence-electron chi connectivity index (χ1n) is 6.12. The van der Waals surface area contributed by atoms with Crippen LogP contribution in [0.2, 0.25) is 5.02 Å². The molecule has 2 rings (SSSR count). The van der Waals surface area contributed by atoms with Gasteiger partial charge < -0.3 is 4.74 Å². The van der Waals surface area contributed by atoms with E-state index in [1.54, 1.807) is 0 Å². The van der Waals surface area contributed by atoms with Crippen LogP contribution < -0.4 is 0 Å². The van der Waals surface area contributed by atoms with Crippen molar-refractivity contribution in [2.75, 3.05) is 6.61 Å². The molecule has 17 heavy (non-hydrogen) atoms. The minimum absolute atomic E-state index is 0.0899. The summed E-state index contributed by atoms with van der Waals surface area (Å²) in [7, 11) is 0. The minimum Gasteiger partial charge on any atom is -0.465 e. The molecule has 1 aliphatic rings. The fourth-order valence-electron chi connectivity index (χ4n) is 2.26. The quantitative estimate of drug-likeness (QED) is 0.764. The molecule has 0 unspecified atom stereocenters. The van der Waals surface area contributed by atoms with Crippen LogP contribution in [0.25, 0.3) is 0 Å². The SMILES string of the molecule is CCCOC(=O)C1(c2cccc(Cl)c2)CCC1. The zero-order chi connectivity index (χ0) is 12.3. The summed E-state index contributed by atoms with van der Waals surface area (Å²) in [6, 6.07) is 7.58. The van der Waals surface area contributed by atoms with E-state index in [4.69, 9.17) is 16.3 Å². The zero-order valence-corrected chi connectivity index (χ0v) is 10.8. The maximum absolute atomic E-state index is 12.2. The molecule has 0 bridgehead atoms. The summed E-state index contributed by atoms with van der Waals surface area (Å²) in [6.45, 7) is 2.50. The molecule has 1 aliphatic carbocycles. The molecule has 0 radical (unpaired) electrons. The normalized spacial score (nSPS) is 17.3. The summed E-state index contributed by atoms with van der Waals surface area (Å²) in [5.41, 5.74) is 0.567. The maximum atomic E-state index is 12.2. The van der Waals surface area contributed by atoms with Crippen LogP contribution in [0.1, 0.15) is 38.2 Å². The molecule has 1 saturated carbocycles. The molecule has 1 aromatic carbocycles. The number of hydrogen-bond donors (Lipinski definition) is 0. The highest BCUT2D eigenvalue weighted by Gasteiger charge is 2.47. The predicted octanol–water partition coefficient (Wildman–Crippen LogP) is 3.71. The standard InChI is InChI=1S/C14H17ClO2/c1-2-9-17-13(16)14(7-4-8-14)11-5-3-6-12(15)10-11/h3,5-6,10H,2,4,7-9H2,1H3. The Labute approximate surface area is 107 Å². The van der Waals surface area contributed by atoms with Crippen molar-refractivity contribution in [2.24, 2.45) is 0 Å². The molecule has 0 N–H and O–H groups in total. The molecule has 0 amide bonds. The summed E-state index contributed by atoms with van der Waals surface area (Å²) in [5, 5.41) is 0.678. The Bertz CT molecular complexity index is 410. The predicted molar refractivity (Wildman–Crippen MR) is 68.2 cm³/mol. The Morgan fingerprint density at radius 2 is 2.24 bits per heavy atom. The zero-order valence-electron chi connectivity index (χ0n) is 10.0. The van der Waals surface area contributed by atoms with Gasteiger partial charge in [-0.25, -0.2) is 0 Å². The van der Waals surface area contributed by atoms with E-state index in [-0.39, 0.29) is 5.97 Å². The smallest absolute Gasteiger partial charge is 0.316 e. The van der Waals surface area contributed by atoms with Crippen molar-refractivity contribution in [2.45, 2.75) is 38.0 Å². The van der Waals surface area contributed by atoms with Gasteiger partial charge >= 0.3 is 5.97 Å². The molecule has 3 heteroatoms. The van der Waals surface area contributed by atoms with Crippen molar-refractivity contribution in [3.8, 4) is 0 Å². The molecule has 1 fully saturated rings. The van der Waals surface area contributed by atoms with Crippen molar-refractivity contribution in [3.63, 3.8) is 0 Å². The summed E-state index contributed by atoms with van der Waals surface area (Å²) in [5.74, 6) is -0.0899. The average molecular weight is 253 g/mol. The molecule has 92 valence electrons. The van der Waals surface area contributed by atoms with E-state index in [9.17, 15) is 4.79 Å². The molecule has 0 atom stereocenters. The molecular weight excluding hydrogens is 236 g/mol. The van der Waals surface area contributed by atoms with Crippen molar-refractivity contribution in [1.29, 1.82) is 0 Å². The molecule has 0 heterocycles. The second-order valence-corrected chi connectivity index (χ2v) is 5.02. The topological polar surface area (TPSA) is 26.3 Å². The number of hydrogen-bond acceptors (Lipinski definition) is 2. The molecular formula is C14H17ClO2. The van der Waals surface area contributed by atoms with Gasteiger partial charge in [0.2, 0.25) is 0 Å². The Hall–Kier alpha value is -1.02. The van der Waals surface area contributed by atoms with Gasteiger partial charge in [-0.05, 0) is 37.0 Å². The lowest BCUT2D eigenvalue weighted by atomic mass is 9.64. The van der Waals surface area contributed by atoms with Crippen LogP contribution in [0.3, 0.4) is 0 Å². The third-order valence-corrected chi connectivity index (χ3v) is 3.65. The van der Waals surface area contributed by atoms with E-state index in [1.165, 1.54) is 0 Å². The molecule has 0 aliphatic heterocycles. The van der Waals surface area contributed by atoms with Gasteiger partial charge in [-0.15, -0.1) is 0 Å². The van der Waals surface area contributed by atoms with Crippen molar-refractivity contribution < 1.29 is 9.53 Å². The van der Waals surface area contributed by atoms with Crippen LogP contribution in [0.5, 0.6) is 0 Å². The van der Waals surface area contributed by atoms with Crippen LogP contribution in [0.15, 0.2) is 24.3 Å². The number of benzene rings is 1. The fraction of sp³-hybridized carbons (Fsp3) is 0.500. The van der Waals surface area contributed by atoms with Crippen LogP contribution in [-0.2, 0) is 14.9 Å². The highest BCUT2D eigenvalue weighted by Crippen LogP contribution is 2.45. The summed E-state index contributed by atoms with van der Waals surface area (Å²) < 4.78 is 5.31. The number of carbonyl (C=O) groups is 1. The third kappa shape index (κ3) is 2.32. The Balaban J connectivity index is 2.22. The second kappa shape index (κ2) is 5.09. The molecule has 0 spiro atoms. The number of carbonyl (C=O) groups excluding carboxylic acids is 1. The first kappa shape index (κ1) is 12.4. The van der Waals surface area contributed by atoms with Crippen molar-refractivity contribution >= 4 is 17.6 Å². The first-order chi connectivity index (χ1) is 8.19. The van der Waals surface area contributed by atoms with Crippen LogP contribution in [0.4, 0.5) is 0 Å². The van der Waals surface area contributed by atoms with Gasteiger partial charge in [0.05, 0.1) is 12.0 Å². The highest BCUT2D eigenvalue weighted by atomic mass is 35.5. The van der Waals surface area contributed by atoms with Crippen LogP contribution >= 0.6 is 11.6 Å². The number of esters is 1. The summed E-state index contributed by atoms with van der Waals surface area (Å²) in [4.78, 5) is 12.2. The Morgan fingerprint density at radius 3 is 2.76 bits per heavy atom. The average Bonchev–Trinajstić information content (AvgIpc) is 2.25. The Kier molecular flexibility index (Phi) is 3.72. The number of halogens is 1. The lowest BCUT2D eigenvalue weighted by molar-refractivity contribution is -0.154. The van der Waals surface area contributed by atoms with Crippen molar-refractivity contribution in [1.82, 2.24) is 0 Å². The van der Waals surface area contributed by atoms with E-state index < -0.39 is 5.41 Å². The van der Waals surface area contributed by atoms with E-state index in [2.05, 4.69) is 0 Å². The van der Waals surface area contributed by atoms with Crippen LogP contribution in [-0.4, -0.2) is 12.6 Å². The molecule has 1 aromatic rings. The molecule has 0 aromatic heterocycles. The van der Waals surface area contributed by atoms with E-state index in [1.807, 2.05) is 31.2 Å². The summed E-state index contributed by atoms with van der Waals surface area (Å²) >= 11 is 5.99. The van der Waals surface area contributed by atoms with Gasteiger partial charge in [0.25, 0.3) is 0 Å². The van der Waals surface area contributed by atoms with Gasteiger partial charge in [-0.2, -0.15) is 0 Å². The third-order valence-electron chi connectivity index (χ3n) is 3.41. The van der Waals surface area contributed by atoms with Gasteiger partial charge in [0.1, 0.15) is 0 Å². The minimum atomic E-state index is -0.430. The van der Waals surface area contributed by atoms with Gasteiger partial charge in [-0.3, -0.25) is 4.79 Å². The van der Waals surface area contributed by atoms with Crippen molar-refractivity contribution in [3.05, 3.63) is 34.9 Å². The Morgan fingerprint density at radius 1 is 1.47 bits per heavy atom. The molecule has 0 saturated heterocycles. The highest BCUT2D eigenvalue weighted by molar-refractivity contribution is 6.30. The fourth-order valence-corrected chi connectivity index (χ4v) is 2.45.